The molecule has 1 N–H and O–H groups in total. The Balaban J connectivity index is 1.73. The third-order valence-electron chi connectivity index (χ3n) is 6.09. The molecule has 1 fully saturated rings. The van der Waals surface area contributed by atoms with Crippen molar-refractivity contribution in [3.05, 3.63) is 52.3 Å². The summed E-state index contributed by atoms with van der Waals surface area (Å²) in [6, 6.07) is 7.00. The maximum atomic E-state index is 12.6. The third kappa shape index (κ3) is 5.33. The second-order valence-corrected chi connectivity index (χ2v) is 10.6. The second-order valence-electron chi connectivity index (χ2n) is 10.2. The Labute approximate surface area is 209 Å². The molecule has 0 bridgehead atoms. The number of hydrogen-bond donors (Lipinski definition) is 1. The van der Waals surface area contributed by atoms with Crippen molar-refractivity contribution >= 4 is 40.7 Å². The molecule has 2 aliphatic rings. The zero-order chi connectivity index (χ0) is 25.4. The minimum Gasteiger partial charge on any atom is -0.416 e. The van der Waals surface area contributed by atoms with Crippen molar-refractivity contribution in [2.24, 2.45) is 5.41 Å². The predicted molar refractivity (Wildman–Crippen MR) is 132 cm³/mol. The molecule has 0 amide bonds. The Morgan fingerprint density at radius 3 is 2.40 bits per heavy atom. The summed E-state index contributed by atoms with van der Waals surface area (Å²) in [7, 11) is 1.85. The van der Waals surface area contributed by atoms with Gasteiger partial charge in [-0.2, -0.15) is 0 Å². The number of rotatable bonds is 4. The molecule has 1 aromatic carbocycles. The van der Waals surface area contributed by atoms with E-state index in [2.05, 4.69) is 10.3 Å². The number of fused-ring (bicyclic) bond motifs is 2. The molecule has 1 aromatic heterocycles. The molecular formula is C26H30ClN3O5. The van der Waals surface area contributed by atoms with Crippen LogP contribution in [0.15, 0.2) is 30.5 Å². The van der Waals surface area contributed by atoms with Gasteiger partial charge in [0.15, 0.2) is 5.78 Å². The fraction of sp³-hybridized carbons (Fsp3) is 0.462. The fourth-order valence-electron chi connectivity index (χ4n) is 4.47. The lowest BCUT2D eigenvalue weighted by atomic mass is 9.89. The van der Waals surface area contributed by atoms with E-state index in [1.807, 2.05) is 38.8 Å². The molecule has 2 aliphatic heterocycles. The van der Waals surface area contributed by atoms with Crippen LogP contribution in [0.3, 0.4) is 0 Å². The Hall–Kier alpha value is -2.97. The number of carbonyl (C=O) groups excluding carboxylic acids is 3. The molecule has 8 nitrogen and oxygen atoms in total. The van der Waals surface area contributed by atoms with Crippen molar-refractivity contribution in [1.82, 2.24) is 10.3 Å². The summed E-state index contributed by atoms with van der Waals surface area (Å²) in [5.41, 5.74) is 3.10. The molecule has 0 radical (unpaired) electrons. The van der Waals surface area contributed by atoms with Crippen molar-refractivity contribution in [2.45, 2.75) is 52.2 Å². The normalized spacial score (nSPS) is 17.6. The van der Waals surface area contributed by atoms with Gasteiger partial charge in [-0.25, -0.2) is 0 Å². The molecule has 1 saturated heterocycles. The quantitative estimate of drug-likeness (QED) is 0.491. The Morgan fingerprint density at radius 2 is 1.80 bits per heavy atom. The van der Waals surface area contributed by atoms with Crippen LogP contribution in [0.1, 0.15) is 61.6 Å². The number of nitrogens with zero attached hydrogens (tertiary/aromatic N) is 2. The van der Waals surface area contributed by atoms with E-state index in [4.69, 9.17) is 21.1 Å². The number of esters is 2. The molecular weight excluding hydrogens is 470 g/mol. The minimum atomic E-state index is -1.56. The number of nitrogens with one attached hydrogen (secondary N) is 1. The number of aromatic nitrogens is 1. The first-order chi connectivity index (χ1) is 16.5. The van der Waals surface area contributed by atoms with E-state index in [1.165, 1.54) is 0 Å². The van der Waals surface area contributed by atoms with Crippen molar-refractivity contribution in [2.75, 3.05) is 25.0 Å². The lowest BCUT2D eigenvalue weighted by Crippen LogP contribution is -2.43. The molecule has 0 aliphatic carbocycles. The number of Topliss-reactive ketones (excluding diaryl/α,β-unsaturated/α-hetero) is 1. The first-order valence-corrected chi connectivity index (χ1v) is 12.1. The first-order valence-electron chi connectivity index (χ1n) is 11.7. The molecule has 3 heterocycles. The highest BCUT2D eigenvalue weighted by Gasteiger charge is 2.46. The van der Waals surface area contributed by atoms with Crippen LogP contribution in [0.5, 0.6) is 0 Å². The van der Waals surface area contributed by atoms with Gasteiger partial charge in [0.25, 0.3) is 5.79 Å². The number of halogens is 1. The van der Waals surface area contributed by atoms with E-state index in [0.29, 0.717) is 41.4 Å². The molecule has 9 heteroatoms. The van der Waals surface area contributed by atoms with Crippen molar-refractivity contribution in [3.63, 3.8) is 0 Å². The number of benzene rings is 1. The van der Waals surface area contributed by atoms with Gasteiger partial charge in [-0.3, -0.25) is 19.4 Å². The predicted octanol–water partition coefficient (Wildman–Crippen LogP) is 4.30. The Morgan fingerprint density at radius 1 is 1.11 bits per heavy atom. The summed E-state index contributed by atoms with van der Waals surface area (Å²) >= 11 is 6.68. The zero-order valence-electron chi connectivity index (χ0n) is 20.4. The van der Waals surface area contributed by atoms with Gasteiger partial charge in [0, 0.05) is 19.0 Å². The zero-order valence-corrected chi connectivity index (χ0v) is 21.2. The first kappa shape index (κ1) is 25.1. The van der Waals surface area contributed by atoms with Crippen LogP contribution >= 0.6 is 11.6 Å². The third-order valence-corrected chi connectivity index (χ3v) is 6.40. The fourth-order valence-corrected chi connectivity index (χ4v) is 4.77. The molecule has 1 spiro atoms. The van der Waals surface area contributed by atoms with E-state index < -0.39 is 17.7 Å². The summed E-state index contributed by atoms with van der Waals surface area (Å²) in [6.45, 7) is 6.76. The summed E-state index contributed by atoms with van der Waals surface area (Å²) in [4.78, 5) is 43.5. The van der Waals surface area contributed by atoms with Crippen molar-refractivity contribution < 1.29 is 23.9 Å². The van der Waals surface area contributed by atoms with E-state index in [0.717, 1.165) is 11.3 Å². The van der Waals surface area contributed by atoms with Crippen molar-refractivity contribution in [3.8, 4) is 0 Å². The maximum Gasteiger partial charge on any atom is 0.309 e. The van der Waals surface area contributed by atoms with Gasteiger partial charge in [0.2, 0.25) is 0 Å². The highest BCUT2D eigenvalue weighted by molar-refractivity contribution is 6.33. The van der Waals surface area contributed by atoms with Gasteiger partial charge < -0.3 is 19.7 Å². The van der Waals surface area contributed by atoms with Crippen LogP contribution in [0.25, 0.3) is 0 Å². The topological polar surface area (TPSA) is 97.8 Å². The van der Waals surface area contributed by atoms with E-state index in [1.54, 1.807) is 24.4 Å². The highest BCUT2D eigenvalue weighted by Crippen LogP contribution is 2.43. The SMILES string of the molecule is CN(c1ccc(C(=O)CC(C)(C)C)nc1)c1c(Cl)ccc2c1CCNCC21OC(=O)CCC(=O)O1. The molecule has 0 saturated carbocycles. The monoisotopic (exact) mass is 499 g/mol. The molecule has 2 aromatic rings. The molecule has 35 heavy (non-hydrogen) atoms. The maximum absolute atomic E-state index is 12.6. The standard InChI is InChI=1S/C26H30ClN3O5/c1-25(2,3)13-21(31)20-8-5-16(14-29-20)30(4)24-17-11-12-28-15-26(18(17)6-7-19(24)27)34-22(32)9-10-23(33)35-26/h5-8,14,28H,9-13,15H2,1-4H3. The molecule has 0 unspecified atom stereocenters. The van der Waals surface area contributed by atoms with Gasteiger partial charge in [-0.15, -0.1) is 0 Å². The van der Waals surface area contributed by atoms with E-state index in [-0.39, 0.29) is 30.6 Å². The highest BCUT2D eigenvalue weighted by atomic mass is 35.5. The average Bonchev–Trinajstić information content (AvgIpc) is 3.04. The van der Waals surface area contributed by atoms with Crippen LogP contribution in [-0.2, 0) is 31.3 Å². The Bertz CT molecular complexity index is 1140. The molecule has 4 rings (SSSR count). The summed E-state index contributed by atoms with van der Waals surface area (Å²) in [6.07, 6.45) is 2.56. The van der Waals surface area contributed by atoms with Gasteiger partial charge in [0.05, 0.1) is 42.0 Å². The summed E-state index contributed by atoms with van der Waals surface area (Å²) < 4.78 is 11.4. The number of hydrogen-bond acceptors (Lipinski definition) is 8. The van der Waals surface area contributed by atoms with Crippen LogP contribution in [0.2, 0.25) is 5.02 Å². The van der Waals surface area contributed by atoms with Crippen LogP contribution in [-0.4, -0.2) is 42.8 Å². The second kappa shape index (κ2) is 9.59. The number of ketones is 1. The van der Waals surface area contributed by atoms with Crippen molar-refractivity contribution in [1.29, 1.82) is 0 Å². The summed E-state index contributed by atoms with van der Waals surface area (Å²) in [5, 5.41) is 3.71. The van der Waals surface area contributed by atoms with Gasteiger partial charge in [0.1, 0.15) is 5.69 Å². The lowest BCUT2D eigenvalue weighted by Gasteiger charge is -2.33. The van der Waals surface area contributed by atoms with E-state index in [9.17, 15) is 14.4 Å². The average molecular weight is 500 g/mol. The van der Waals surface area contributed by atoms with Gasteiger partial charge in [-0.1, -0.05) is 32.4 Å². The number of anilines is 2. The van der Waals surface area contributed by atoms with Gasteiger partial charge in [-0.05, 0) is 48.2 Å². The minimum absolute atomic E-state index is 0.0108. The van der Waals surface area contributed by atoms with Crippen LogP contribution < -0.4 is 10.2 Å². The molecule has 186 valence electrons. The largest absolute Gasteiger partial charge is 0.416 e. The smallest absolute Gasteiger partial charge is 0.309 e. The summed E-state index contributed by atoms with van der Waals surface area (Å²) in [5.74, 6) is -2.55. The Kier molecular flexibility index (Phi) is 6.88. The number of pyridine rings is 1. The van der Waals surface area contributed by atoms with Crippen LogP contribution in [0.4, 0.5) is 11.4 Å². The van der Waals surface area contributed by atoms with E-state index >= 15 is 0 Å². The lowest BCUT2D eigenvalue weighted by molar-refractivity contribution is -0.225. The number of carbonyl (C=O) groups is 3. The van der Waals surface area contributed by atoms with Crippen LogP contribution in [0, 0.1) is 5.41 Å². The number of ether oxygens (including phenoxy) is 2. The molecule has 0 atom stereocenters. The van der Waals surface area contributed by atoms with Gasteiger partial charge >= 0.3 is 11.9 Å².